The lowest BCUT2D eigenvalue weighted by atomic mass is 9.98. The van der Waals surface area contributed by atoms with Crippen LogP contribution < -0.4 is 27.0 Å². The molecule has 0 spiro atoms. The van der Waals surface area contributed by atoms with E-state index in [1.54, 1.807) is 0 Å². The molecule has 0 amide bonds. The molecule has 0 atom stereocenters. The smallest absolute Gasteiger partial charge is 0.0178 e. The molecule has 1 aliphatic heterocycles. The van der Waals surface area contributed by atoms with E-state index in [0.29, 0.717) is 12.5 Å². The second-order valence-corrected chi connectivity index (χ2v) is 6.35. The molecule has 23 heavy (non-hydrogen) atoms. The van der Waals surface area contributed by atoms with Crippen LogP contribution in [0, 0.1) is 5.92 Å². The Morgan fingerprint density at radius 1 is 0.739 bits per heavy atom. The number of hydrogen-bond donors (Lipinski definition) is 5. The van der Waals surface area contributed by atoms with Gasteiger partial charge in [0.15, 0.2) is 0 Å². The minimum Gasteiger partial charge on any atom is -0.326 e. The molecule has 1 aromatic carbocycles. The molecule has 1 heterocycles. The fraction of sp³-hybridized carbons (Fsp3) is 0.667. The maximum absolute atomic E-state index is 5.67. The molecular formula is C18H33N5. The first-order valence-corrected chi connectivity index (χ1v) is 8.99. The average Bonchev–Trinajstić information content (AvgIpc) is 2.59. The molecule has 1 aromatic rings. The highest BCUT2D eigenvalue weighted by Gasteiger charge is 2.09. The lowest BCUT2D eigenvalue weighted by Gasteiger charge is -2.20. The van der Waals surface area contributed by atoms with Crippen LogP contribution in [0.5, 0.6) is 0 Å². The molecule has 130 valence electrons. The van der Waals surface area contributed by atoms with E-state index in [2.05, 4.69) is 45.5 Å². The summed E-state index contributed by atoms with van der Waals surface area (Å²) in [7, 11) is 0. The summed E-state index contributed by atoms with van der Waals surface area (Å²) >= 11 is 0. The Bertz CT molecular complexity index is 392. The van der Waals surface area contributed by atoms with E-state index in [1.165, 1.54) is 17.5 Å². The van der Waals surface area contributed by atoms with E-state index in [9.17, 15) is 0 Å². The van der Waals surface area contributed by atoms with Crippen molar-refractivity contribution in [2.75, 3.05) is 52.4 Å². The first-order chi connectivity index (χ1) is 11.4. The van der Waals surface area contributed by atoms with Crippen molar-refractivity contribution in [3.63, 3.8) is 0 Å². The minimum atomic E-state index is 0.613. The predicted molar refractivity (Wildman–Crippen MR) is 97.6 cm³/mol. The van der Waals surface area contributed by atoms with Crippen molar-refractivity contribution in [2.24, 2.45) is 11.7 Å². The lowest BCUT2D eigenvalue weighted by molar-refractivity contribution is 0.430. The van der Waals surface area contributed by atoms with Crippen molar-refractivity contribution in [1.29, 1.82) is 0 Å². The summed E-state index contributed by atoms with van der Waals surface area (Å²) in [5.74, 6) is 0.613. The van der Waals surface area contributed by atoms with Gasteiger partial charge in [0.2, 0.25) is 0 Å². The Morgan fingerprint density at radius 3 is 1.83 bits per heavy atom. The SMILES string of the molecule is NCc1ccc(CC2CNCCNCCCNCCNC2)cc1. The van der Waals surface area contributed by atoms with Crippen LogP contribution in [0.3, 0.4) is 0 Å². The third-order valence-electron chi connectivity index (χ3n) is 4.31. The van der Waals surface area contributed by atoms with Crippen LogP contribution in [0.25, 0.3) is 0 Å². The highest BCUT2D eigenvalue weighted by atomic mass is 15.0. The summed E-state index contributed by atoms with van der Waals surface area (Å²) in [6.07, 6.45) is 2.30. The van der Waals surface area contributed by atoms with Crippen LogP contribution in [0.15, 0.2) is 24.3 Å². The molecule has 1 aliphatic rings. The Kier molecular flexibility index (Phi) is 9.21. The maximum atomic E-state index is 5.67. The van der Waals surface area contributed by atoms with Crippen LogP contribution in [0.2, 0.25) is 0 Å². The van der Waals surface area contributed by atoms with Gasteiger partial charge in [-0.3, -0.25) is 0 Å². The zero-order valence-electron chi connectivity index (χ0n) is 14.2. The van der Waals surface area contributed by atoms with E-state index in [0.717, 1.165) is 58.8 Å². The van der Waals surface area contributed by atoms with Gasteiger partial charge in [-0.05, 0) is 56.1 Å². The van der Waals surface area contributed by atoms with E-state index in [-0.39, 0.29) is 0 Å². The Morgan fingerprint density at radius 2 is 1.26 bits per heavy atom. The lowest BCUT2D eigenvalue weighted by Crippen LogP contribution is -2.39. The van der Waals surface area contributed by atoms with Gasteiger partial charge in [-0.15, -0.1) is 0 Å². The summed E-state index contributed by atoms with van der Waals surface area (Å²) in [5, 5.41) is 14.2. The standard InChI is InChI=1S/C18H33N5/c19-13-17-4-2-16(3-5-17)12-18-14-22-10-8-20-6-1-7-21-9-11-23-15-18/h2-5,18,20-23H,1,6-15,19H2. The zero-order valence-corrected chi connectivity index (χ0v) is 14.2. The van der Waals surface area contributed by atoms with Crippen LogP contribution >= 0.6 is 0 Å². The van der Waals surface area contributed by atoms with Crippen LogP contribution in [0.1, 0.15) is 17.5 Å². The largest absolute Gasteiger partial charge is 0.326 e. The summed E-state index contributed by atoms with van der Waals surface area (Å²) in [4.78, 5) is 0. The molecule has 6 N–H and O–H groups in total. The first-order valence-electron chi connectivity index (χ1n) is 8.99. The van der Waals surface area contributed by atoms with Crippen molar-refractivity contribution in [1.82, 2.24) is 21.3 Å². The molecule has 0 aromatic heterocycles. The number of hydrogen-bond acceptors (Lipinski definition) is 5. The molecule has 1 fully saturated rings. The summed E-state index contributed by atoms with van der Waals surface area (Å²) < 4.78 is 0. The van der Waals surface area contributed by atoms with Gasteiger partial charge >= 0.3 is 0 Å². The topological polar surface area (TPSA) is 74.1 Å². The predicted octanol–water partition coefficient (Wildman–Crippen LogP) is 0.0661. The molecule has 0 unspecified atom stereocenters. The second-order valence-electron chi connectivity index (χ2n) is 6.35. The third kappa shape index (κ3) is 7.90. The van der Waals surface area contributed by atoms with Gasteiger partial charge in [0.05, 0.1) is 0 Å². The second kappa shape index (κ2) is 11.5. The average molecular weight is 319 g/mol. The molecular weight excluding hydrogens is 286 g/mol. The molecule has 5 nitrogen and oxygen atoms in total. The van der Waals surface area contributed by atoms with Crippen molar-refractivity contribution in [2.45, 2.75) is 19.4 Å². The van der Waals surface area contributed by atoms with E-state index in [1.807, 2.05) is 0 Å². The summed E-state index contributed by atoms with van der Waals surface area (Å²) in [6, 6.07) is 8.73. The van der Waals surface area contributed by atoms with E-state index < -0.39 is 0 Å². The molecule has 0 aliphatic carbocycles. The number of nitrogens with one attached hydrogen (secondary N) is 4. The molecule has 2 rings (SSSR count). The highest BCUT2D eigenvalue weighted by molar-refractivity contribution is 5.22. The van der Waals surface area contributed by atoms with Crippen molar-refractivity contribution in [3.05, 3.63) is 35.4 Å². The maximum Gasteiger partial charge on any atom is 0.0178 e. The van der Waals surface area contributed by atoms with Gasteiger partial charge in [0.25, 0.3) is 0 Å². The fourth-order valence-electron chi connectivity index (χ4n) is 2.92. The van der Waals surface area contributed by atoms with E-state index >= 15 is 0 Å². The third-order valence-corrected chi connectivity index (χ3v) is 4.31. The number of nitrogens with two attached hydrogens (primary N) is 1. The Hall–Kier alpha value is -0.980. The molecule has 5 heteroatoms. The molecule has 0 saturated carbocycles. The number of rotatable bonds is 3. The highest BCUT2D eigenvalue weighted by Crippen LogP contribution is 2.10. The molecule has 1 saturated heterocycles. The monoisotopic (exact) mass is 319 g/mol. The molecule has 0 radical (unpaired) electrons. The quantitative estimate of drug-likeness (QED) is 0.545. The summed E-state index contributed by atoms with van der Waals surface area (Å²) in [6.45, 7) is 9.09. The molecule has 0 bridgehead atoms. The first kappa shape index (κ1) is 18.4. The summed E-state index contributed by atoms with van der Waals surface area (Å²) in [5.41, 5.74) is 8.27. The van der Waals surface area contributed by atoms with Gasteiger partial charge in [-0.2, -0.15) is 0 Å². The van der Waals surface area contributed by atoms with Gasteiger partial charge in [0, 0.05) is 32.7 Å². The number of benzene rings is 1. The van der Waals surface area contributed by atoms with E-state index in [4.69, 9.17) is 5.73 Å². The zero-order chi connectivity index (χ0) is 16.2. The van der Waals surface area contributed by atoms with Gasteiger partial charge in [-0.25, -0.2) is 0 Å². The van der Waals surface area contributed by atoms with Crippen molar-refractivity contribution < 1.29 is 0 Å². The van der Waals surface area contributed by atoms with Crippen LogP contribution in [0.4, 0.5) is 0 Å². The van der Waals surface area contributed by atoms with Crippen LogP contribution in [-0.4, -0.2) is 52.4 Å². The normalized spacial score (nSPS) is 20.0. The van der Waals surface area contributed by atoms with Gasteiger partial charge in [0.1, 0.15) is 0 Å². The minimum absolute atomic E-state index is 0.613. The van der Waals surface area contributed by atoms with Crippen LogP contribution in [-0.2, 0) is 13.0 Å². The van der Waals surface area contributed by atoms with Crippen molar-refractivity contribution >= 4 is 0 Å². The fourth-order valence-corrected chi connectivity index (χ4v) is 2.92. The Balaban J connectivity index is 1.81. The Labute approximate surface area is 140 Å². The van der Waals surface area contributed by atoms with Gasteiger partial charge in [-0.1, -0.05) is 24.3 Å². The van der Waals surface area contributed by atoms with Crippen molar-refractivity contribution in [3.8, 4) is 0 Å². The van der Waals surface area contributed by atoms with Gasteiger partial charge < -0.3 is 27.0 Å².